The number of rotatable bonds is 4. The van der Waals surface area contributed by atoms with Gasteiger partial charge in [0, 0.05) is 5.56 Å². The first-order valence-electron chi connectivity index (χ1n) is 6.07. The fraction of sp³-hybridized carbons (Fsp3) is 0.250. The summed E-state index contributed by atoms with van der Waals surface area (Å²) in [6.45, 7) is 1.88. The summed E-state index contributed by atoms with van der Waals surface area (Å²) in [4.78, 5) is 0.135. The van der Waals surface area contributed by atoms with Gasteiger partial charge in [-0.3, -0.25) is 0 Å². The third-order valence-electron chi connectivity index (χ3n) is 2.58. The van der Waals surface area contributed by atoms with Crippen LogP contribution in [-0.2, 0) is 10.0 Å². The first kappa shape index (κ1) is 15.1. The molecule has 1 heterocycles. The van der Waals surface area contributed by atoms with Gasteiger partial charge in [-0.15, -0.1) is 10.2 Å². The summed E-state index contributed by atoms with van der Waals surface area (Å²) in [6.07, 6.45) is 0. The zero-order chi connectivity index (χ0) is 15.3. The number of aromatic nitrogens is 4. The van der Waals surface area contributed by atoms with Crippen molar-refractivity contribution < 1.29 is 8.42 Å². The number of tetrazole rings is 1. The summed E-state index contributed by atoms with van der Waals surface area (Å²) in [5.74, 6) is 5.79. The highest BCUT2D eigenvalue weighted by atomic mass is 32.2. The molecular formula is C12H14N6O2S. The number of hydrogen-bond donors (Lipinski definition) is 3. The standard InChI is InChI=1S/C12H14N6O2S/c1-9(12-14-17-18-15-12)16-21(19,20)11-6-4-10(5-7-11)3-2-8-13/h4-7,9,16H,8,13H2,1H3,(H,14,15,17,18). The molecule has 1 atom stereocenters. The molecule has 8 nitrogen and oxygen atoms in total. The zero-order valence-electron chi connectivity index (χ0n) is 11.2. The molecule has 0 aliphatic carbocycles. The molecule has 1 aromatic heterocycles. The maximum atomic E-state index is 12.2. The maximum Gasteiger partial charge on any atom is 0.241 e. The average molecular weight is 306 g/mol. The smallest absolute Gasteiger partial charge is 0.241 e. The third kappa shape index (κ3) is 3.85. The highest BCUT2D eigenvalue weighted by molar-refractivity contribution is 7.89. The summed E-state index contributed by atoms with van der Waals surface area (Å²) >= 11 is 0. The Morgan fingerprint density at radius 3 is 2.67 bits per heavy atom. The van der Waals surface area contributed by atoms with E-state index in [1.54, 1.807) is 19.1 Å². The molecule has 0 aliphatic rings. The zero-order valence-corrected chi connectivity index (χ0v) is 12.1. The van der Waals surface area contributed by atoms with Crippen LogP contribution >= 0.6 is 0 Å². The fourth-order valence-electron chi connectivity index (χ4n) is 1.58. The topological polar surface area (TPSA) is 127 Å². The molecule has 0 radical (unpaired) electrons. The van der Waals surface area contributed by atoms with Crippen LogP contribution in [0.15, 0.2) is 29.2 Å². The molecular weight excluding hydrogens is 292 g/mol. The van der Waals surface area contributed by atoms with Gasteiger partial charge in [-0.25, -0.2) is 13.1 Å². The lowest BCUT2D eigenvalue weighted by Crippen LogP contribution is -2.27. The largest absolute Gasteiger partial charge is 0.320 e. The van der Waals surface area contributed by atoms with Gasteiger partial charge in [0.05, 0.1) is 17.5 Å². The Balaban J connectivity index is 2.16. The minimum absolute atomic E-state index is 0.135. The van der Waals surface area contributed by atoms with Gasteiger partial charge in [-0.05, 0) is 31.2 Å². The molecule has 1 aromatic carbocycles. The Kier molecular flexibility index (Phi) is 4.64. The predicted molar refractivity (Wildman–Crippen MR) is 75.3 cm³/mol. The van der Waals surface area contributed by atoms with Crippen molar-refractivity contribution in [3.63, 3.8) is 0 Å². The summed E-state index contributed by atoms with van der Waals surface area (Å²) < 4.78 is 26.9. The average Bonchev–Trinajstić information content (AvgIpc) is 2.99. The van der Waals surface area contributed by atoms with Crippen molar-refractivity contribution in [3.8, 4) is 11.8 Å². The normalized spacial score (nSPS) is 12.5. The van der Waals surface area contributed by atoms with Crippen LogP contribution in [0.2, 0.25) is 0 Å². The number of H-pyrrole nitrogens is 1. The predicted octanol–water partition coefficient (Wildman–Crippen LogP) is -0.451. The van der Waals surface area contributed by atoms with Crippen LogP contribution in [-0.4, -0.2) is 35.6 Å². The quantitative estimate of drug-likeness (QED) is 0.657. The van der Waals surface area contributed by atoms with E-state index >= 15 is 0 Å². The van der Waals surface area contributed by atoms with E-state index in [4.69, 9.17) is 5.73 Å². The third-order valence-corrected chi connectivity index (χ3v) is 4.14. The summed E-state index contributed by atoms with van der Waals surface area (Å²) in [7, 11) is -3.67. The number of nitrogens with two attached hydrogens (primary N) is 1. The fourth-order valence-corrected chi connectivity index (χ4v) is 2.78. The summed E-state index contributed by atoms with van der Waals surface area (Å²) in [5.41, 5.74) is 5.98. The van der Waals surface area contributed by atoms with Crippen LogP contribution in [0.1, 0.15) is 24.4 Å². The lowest BCUT2D eigenvalue weighted by molar-refractivity contribution is 0.560. The number of aromatic amines is 1. The van der Waals surface area contributed by atoms with Crippen molar-refractivity contribution in [2.24, 2.45) is 5.73 Å². The summed E-state index contributed by atoms with van der Waals surface area (Å²) in [5, 5.41) is 13.1. The first-order valence-corrected chi connectivity index (χ1v) is 7.56. The molecule has 0 fully saturated rings. The number of sulfonamides is 1. The Morgan fingerprint density at radius 2 is 2.10 bits per heavy atom. The molecule has 2 rings (SSSR count). The maximum absolute atomic E-state index is 12.2. The van der Waals surface area contributed by atoms with E-state index in [-0.39, 0.29) is 17.3 Å². The molecule has 9 heteroatoms. The van der Waals surface area contributed by atoms with Gasteiger partial charge in [0.2, 0.25) is 10.0 Å². The molecule has 0 amide bonds. The van der Waals surface area contributed by atoms with Gasteiger partial charge < -0.3 is 5.73 Å². The SMILES string of the molecule is CC(NS(=O)(=O)c1ccc(C#CCN)cc1)c1nn[nH]n1. The van der Waals surface area contributed by atoms with Gasteiger partial charge in [0.1, 0.15) is 0 Å². The van der Waals surface area contributed by atoms with E-state index < -0.39 is 16.1 Å². The molecule has 4 N–H and O–H groups in total. The number of benzene rings is 1. The van der Waals surface area contributed by atoms with Crippen molar-refractivity contribution in [1.82, 2.24) is 25.3 Å². The van der Waals surface area contributed by atoms with Crippen LogP contribution in [0.3, 0.4) is 0 Å². The molecule has 0 aliphatic heterocycles. The second-order valence-corrected chi connectivity index (χ2v) is 5.86. The van der Waals surface area contributed by atoms with Crippen molar-refractivity contribution in [2.75, 3.05) is 6.54 Å². The molecule has 110 valence electrons. The number of hydrogen-bond acceptors (Lipinski definition) is 6. The highest BCUT2D eigenvalue weighted by Crippen LogP contribution is 2.14. The van der Waals surface area contributed by atoms with E-state index in [0.29, 0.717) is 5.56 Å². The minimum Gasteiger partial charge on any atom is -0.320 e. The van der Waals surface area contributed by atoms with E-state index in [9.17, 15) is 8.42 Å². The van der Waals surface area contributed by atoms with Gasteiger partial charge in [0.25, 0.3) is 0 Å². The van der Waals surface area contributed by atoms with Crippen LogP contribution in [0.25, 0.3) is 0 Å². The van der Waals surface area contributed by atoms with Crippen LogP contribution < -0.4 is 10.5 Å². The van der Waals surface area contributed by atoms with E-state index in [2.05, 4.69) is 37.2 Å². The van der Waals surface area contributed by atoms with Crippen LogP contribution in [0, 0.1) is 11.8 Å². The van der Waals surface area contributed by atoms with Gasteiger partial charge in [0.15, 0.2) is 5.82 Å². The Morgan fingerprint density at radius 1 is 1.38 bits per heavy atom. The van der Waals surface area contributed by atoms with E-state index in [1.807, 2.05) is 0 Å². The van der Waals surface area contributed by atoms with E-state index in [0.717, 1.165) is 0 Å². The highest BCUT2D eigenvalue weighted by Gasteiger charge is 2.20. The second-order valence-electron chi connectivity index (χ2n) is 4.14. The van der Waals surface area contributed by atoms with Gasteiger partial charge in [-0.2, -0.15) is 5.21 Å². The Bertz CT molecular complexity index is 743. The minimum atomic E-state index is -3.67. The Hall–Kier alpha value is -2.28. The molecule has 0 bridgehead atoms. The monoisotopic (exact) mass is 306 g/mol. The van der Waals surface area contributed by atoms with Crippen molar-refractivity contribution >= 4 is 10.0 Å². The van der Waals surface area contributed by atoms with Crippen LogP contribution in [0.5, 0.6) is 0 Å². The van der Waals surface area contributed by atoms with Crippen molar-refractivity contribution in [2.45, 2.75) is 17.9 Å². The van der Waals surface area contributed by atoms with Gasteiger partial charge in [-0.1, -0.05) is 17.1 Å². The lowest BCUT2D eigenvalue weighted by atomic mass is 10.2. The van der Waals surface area contributed by atoms with Crippen molar-refractivity contribution in [1.29, 1.82) is 0 Å². The Labute approximate surface area is 122 Å². The molecule has 0 saturated heterocycles. The van der Waals surface area contributed by atoms with E-state index in [1.165, 1.54) is 12.1 Å². The summed E-state index contributed by atoms with van der Waals surface area (Å²) in [6, 6.07) is 5.61. The lowest BCUT2D eigenvalue weighted by Gasteiger charge is -2.10. The molecule has 2 aromatic rings. The van der Waals surface area contributed by atoms with Crippen LogP contribution in [0.4, 0.5) is 0 Å². The molecule has 21 heavy (non-hydrogen) atoms. The molecule has 0 saturated carbocycles. The number of nitrogens with zero attached hydrogens (tertiary/aromatic N) is 3. The first-order chi connectivity index (χ1) is 10.0. The molecule has 0 spiro atoms. The molecule has 1 unspecified atom stereocenters. The van der Waals surface area contributed by atoms with Crippen molar-refractivity contribution in [3.05, 3.63) is 35.7 Å². The second kappa shape index (κ2) is 6.45. The number of nitrogens with one attached hydrogen (secondary N) is 2. The van der Waals surface area contributed by atoms with Gasteiger partial charge >= 0.3 is 0 Å².